The van der Waals surface area contributed by atoms with E-state index in [1.807, 2.05) is 6.92 Å². The van der Waals surface area contributed by atoms with Crippen LogP contribution in [0.2, 0.25) is 0 Å². The predicted octanol–water partition coefficient (Wildman–Crippen LogP) is 1.89. The fraction of sp³-hybridized carbons (Fsp3) is 0.188. The van der Waals surface area contributed by atoms with Crippen LogP contribution in [0.3, 0.4) is 0 Å². The number of carbonyl (C=O) groups excluding carboxylic acids is 1. The van der Waals surface area contributed by atoms with Crippen molar-refractivity contribution in [2.24, 2.45) is 0 Å². The van der Waals surface area contributed by atoms with Gasteiger partial charge in [-0.25, -0.2) is 0 Å². The number of nitrogens with one attached hydrogen (secondary N) is 1. The van der Waals surface area contributed by atoms with Crippen LogP contribution in [0.4, 0.5) is 0 Å². The maximum Gasteiger partial charge on any atom is 0.322 e. The van der Waals surface area contributed by atoms with Crippen LogP contribution in [0.25, 0.3) is 11.1 Å². The highest BCUT2D eigenvalue weighted by atomic mass is 16.4. The fourth-order valence-electron chi connectivity index (χ4n) is 2.12. The summed E-state index contributed by atoms with van der Waals surface area (Å²) in [7, 11) is 0. The number of aliphatic carboxylic acids is 1. The van der Waals surface area contributed by atoms with Crippen LogP contribution in [0.15, 0.2) is 30.5 Å². The number of phenols is 1. The average Bonchev–Trinajstić information content (AvgIpc) is 2.47. The second-order valence-electron chi connectivity index (χ2n) is 4.97. The SMILES string of the molecule is Cc1ccc(O)cc1-c1cnc(C(=O)NCC(=O)O)c(C)c1. The molecule has 2 rings (SSSR count). The molecule has 3 N–H and O–H groups in total. The van der Waals surface area contributed by atoms with E-state index in [0.29, 0.717) is 5.56 Å². The molecule has 1 aromatic heterocycles. The number of hydrogen-bond donors (Lipinski definition) is 3. The number of carbonyl (C=O) groups is 2. The maximum atomic E-state index is 11.9. The molecule has 6 heteroatoms. The van der Waals surface area contributed by atoms with Gasteiger partial charge in [0.05, 0.1) is 0 Å². The van der Waals surface area contributed by atoms with Crippen molar-refractivity contribution in [2.75, 3.05) is 6.54 Å². The first-order valence-corrected chi connectivity index (χ1v) is 6.65. The first-order valence-electron chi connectivity index (χ1n) is 6.65. The minimum atomic E-state index is -1.11. The van der Waals surface area contributed by atoms with Crippen molar-refractivity contribution in [3.8, 4) is 16.9 Å². The van der Waals surface area contributed by atoms with Crippen LogP contribution in [0, 0.1) is 13.8 Å². The maximum absolute atomic E-state index is 11.9. The smallest absolute Gasteiger partial charge is 0.322 e. The molecule has 0 fully saturated rings. The Hall–Kier alpha value is -2.89. The molecule has 0 bridgehead atoms. The van der Waals surface area contributed by atoms with Gasteiger partial charge in [0.15, 0.2) is 0 Å². The molecule has 0 aliphatic heterocycles. The van der Waals surface area contributed by atoms with Crippen LogP contribution < -0.4 is 5.32 Å². The Morgan fingerprint density at radius 2 is 1.91 bits per heavy atom. The number of nitrogens with zero attached hydrogens (tertiary/aromatic N) is 1. The normalized spacial score (nSPS) is 10.3. The van der Waals surface area contributed by atoms with E-state index < -0.39 is 18.4 Å². The van der Waals surface area contributed by atoms with E-state index in [9.17, 15) is 14.7 Å². The summed E-state index contributed by atoms with van der Waals surface area (Å²) in [5.41, 5.74) is 3.39. The molecule has 0 radical (unpaired) electrons. The van der Waals surface area contributed by atoms with Gasteiger partial charge in [0.25, 0.3) is 5.91 Å². The Labute approximate surface area is 127 Å². The average molecular weight is 300 g/mol. The van der Waals surface area contributed by atoms with Gasteiger partial charge in [0.1, 0.15) is 18.0 Å². The van der Waals surface area contributed by atoms with Gasteiger partial charge in [-0.05, 0) is 48.7 Å². The Morgan fingerprint density at radius 1 is 1.18 bits per heavy atom. The number of amides is 1. The zero-order chi connectivity index (χ0) is 16.3. The van der Waals surface area contributed by atoms with E-state index in [2.05, 4.69) is 10.3 Å². The molecule has 0 unspecified atom stereocenters. The van der Waals surface area contributed by atoms with Crippen molar-refractivity contribution in [2.45, 2.75) is 13.8 Å². The van der Waals surface area contributed by atoms with Gasteiger partial charge in [0, 0.05) is 11.8 Å². The van der Waals surface area contributed by atoms with Crippen molar-refractivity contribution in [3.05, 3.63) is 47.3 Å². The third kappa shape index (κ3) is 3.41. The molecule has 0 atom stereocenters. The van der Waals surface area contributed by atoms with Crippen molar-refractivity contribution in [1.29, 1.82) is 0 Å². The quantitative estimate of drug-likeness (QED) is 0.800. The summed E-state index contributed by atoms with van der Waals surface area (Å²) in [6, 6.07) is 6.82. The lowest BCUT2D eigenvalue weighted by Crippen LogP contribution is -2.30. The lowest BCUT2D eigenvalue weighted by molar-refractivity contribution is -0.135. The molecule has 114 valence electrons. The summed E-state index contributed by atoms with van der Waals surface area (Å²) in [4.78, 5) is 26.4. The molecule has 0 saturated carbocycles. The minimum Gasteiger partial charge on any atom is -0.508 e. The molecule has 1 amide bonds. The number of pyridine rings is 1. The zero-order valence-corrected chi connectivity index (χ0v) is 12.3. The molecule has 0 aliphatic carbocycles. The first kappa shape index (κ1) is 15.5. The van der Waals surface area contributed by atoms with E-state index in [0.717, 1.165) is 16.7 Å². The highest BCUT2D eigenvalue weighted by Gasteiger charge is 2.13. The van der Waals surface area contributed by atoms with Crippen molar-refractivity contribution in [3.63, 3.8) is 0 Å². The van der Waals surface area contributed by atoms with E-state index in [1.165, 1.54) is 6.20 Å². The number of aryl methyl sites for hydroxylation is 2. The summed E-state index contributed by atoms with van der Waals surface area (Å²) in [5.74, 6) is -1.49. The predicted molar refractivity (Wildman–Crippen MR) is 80.8 cm³/mol. The summed E-state index contributed by atoms with van der Waals surface area (Å²) in [5, 5.41) is 20.4. The van der Waals surface area contributed by atoms with E-state index in [-0.39, 0.29) is 11.4 Å². The number of aromatic nitrogens is 1. The van der Waals surface area contributed by atoms with Crippen LogP contribution in [0.1, 0.15) is 21.6 Å². The molecule has 0 aliphatic rings. The van der Waals surface area contributed by atoms with Gasteiger partial charge in [-0.15, -0.1) is 0 Å². The number of rotatable bonds is 4. The Bertz CT molecular complexity index is 741. The summed E-state index contributed by atoms with van der Waals surface area (Å²) in [6.45, 7) is 3.19. The fourth-order valence-corrected chi connectivity index (χ4v) is 2.12. The lowest BCUT2D eigenvalue weighted by atomic mass is 10.00. The van der Waals surface area contributed by atoms with E-state index >= 15 is 0 Å². The molecular formula is C16H16N2O4. The number of carboxylic acid groups (broad SMARTS) is 1. The van der Waals surface area contributed by atoms with Crippen molar-refractivity contribution < 1.29 is 19.8 Å². The van der Waals surface area contributed by atoms with Gasteiger partial charge < -0.3 is 15.5 Å². The second kappa shape index (κ2) is 6.26. The third-order valence-corrected chi connectivity index (χ3v) is 3.23. The van der Waals surface area contributed by atoms with Gasteiger partial charge in [0.2, 0.25) is 0 Å². The monoisotopic (exact) mass is 300 g/mol. The zero-order valence-electron chi connectivity index (χ0n) is 12.3. The Morgan fingerprint density at radius 3 is 2.55 bits per heavy atom. The Balaban J connectivity index is 2.32. The standard InChI is InChI=1S/C16H16N2O4/c1-9-3-4-12(19)6-13(9)11-5-10(2)15(17-7-11)16(22)18-8-14(20)21/h3-7,19H,8H2,1-2H3,(H,18,22)(H,20,21). The van der Waals surface area contributed by atoms with Gasteiger partial charge >= 0.3 is 5.97 Å². The van der Waals surface area contributed by atoms with Crippen molar-refractivity contribution >= 4 is 11.9 Å². The van der Waals surface area contributed by atoms with Gasteiger partial charge in [-0.2, -0.15) is 0 Å². The molecule has 1 aromatic carbocycles. The van der Waals surface area contributed by atoms with Gasteiger partial charge in [-0.3, -0.25) is 14.6 Å². The summed E-state index contributed by atoms with van der Waals surface area (Å²) in [6.07, 6.45) is 1.53. The molecule has 0 spiro atoms. The number of hydrogen-bond acceptors (Lipinski definition) is 4. The van der Waals surface area contributed by atoms with Crippen molar-refractivity contribution in [1.82, 2.24) is 10.3 Å². The summed E-state index contributed by atoms with van der Waals surface area (Å²) >= 11 is 0. The second-order valence-corrected chi connectivity index (χ2v) is 4.97. The van der Waals surface area contributed by atoms with Crippen LogP contribution >= 0.6 is 0 Å². The van der Waals surface area contributed by atoms with Crippen LogP contribution in [0.5, 0.6) is 5.75 Å². The van der Waals surface area contributed by atoms with Crippen LogP contribution in [-0.4, -0.2) is 33.6 Å². The number of phenolic OH excluding ortho intramolecular Hbond substituents is 1. The highest BCUT2D eigenvalue weighted by molar-refractivity contribution is 5.95. The molecule has 0 saturated heterocycles. The summed E-state index contributed by atoms with van der Waals surface area (Å²) < 4.78 is 0. The Kier molecular flexibility index (Phi) is 4.41. The number of carboxylic acids is 1. The first-order chi connectivity index (χ1) is 10.4. The number of benzene rings is 1. The highest BCUT2D eigenvalue weighted by Crippen LogP contribution is 2.27. The van der Waals surface area contributed by atoms with E-state index in [1.54, 1.807) is 31.2 Å². The van der Waals surface area contributed by atoms with Crippen LogP contribution in [-0.2, 0) is 4.79 Å². The molecular weight excluding hydrogens is 284 g/mol. The van der Waals surface area contributed by atoms with Gasteiger partial charge in [-0.1, -0.05) is 6.07 Å². The number of aromatic hydroxyl groups is 1. The minimum absolute atomic E-state index is 0.154. The molecule has 22 heavy (non-hydrogen) atoms. The largest absolute Gasteiger partial charge is 0.508 e. The molecule has 2 aromatic rings. The molecule has 6 nitrogen and oxygen atoms in total. The lowest BCUT2D eigenvalue weighted by Gasteiger charge is -2.10. The topological polar surface area (TPSA) is 99.5 Å². The van der Waals surface area contributed by atoms with E-state index in [4.69, 9.17) is 5.11 Å². The molecule has 1 heterocycles. The third-order valence-electron chi connectivity index (χ3n) is 3.23.